The lowest BCUT2D eigenvalue weighted by Gasteiger charge is -2.19. The molecule has 0 spiro atoms. The normalized spacial score (nSPS) is 21.1. The van der Waals surface area contributed by atoms with Crippen molar-refractivity contribution in [2.75, 3.05) is 23.7 Å². The minimum atomic E-state index is -0.304. The van der Waals surface area contributed by atoms with Crippen LogP contribution in [-0.4, -0.2) is 35.8 Å². The zero-order valence-corrected chi connectivity index (χ0v) is 13.4. The van der Waals surface area contributed by atoms with Crippen molar-refractivity contribution in [3.63, 3.8) is 0 Å². The molecule has 2 aliphatic heterocycles. The molecule has 0 aliphatic carbocycles. The quantitative estimate of drug-likeness (QED) is 0.925. The first-order chi connectivity index (χ1) is 10.7. The van der Waals surface area contributed by atoms with Gasteiger partial charge in [0.15, 0.2) is 5.17 Å². The average Bonchev–Trinajstić information content (AvgIpc) is 3.16. The standard InChI is InChI=1S/C16H19N3O2S/c1-2-11-5-3-4-6-13(11)19-10-12(9-14(19)20)15(21)18-16-17-7-8-22-16/h3-6,12H,2,7-10H2,1H3,(H,17,18,21). The van der Waals surface area contributed by atoms with Gasteiger partial charge in [-0.15, -0.1) is 0 Å². The van der Waals surface area contributed by atoms with Crippen LogP contribution in [0.3, 0.4) is 0 Å². The lowest BCUT2D eigenvalue weighted by Crippen LogP contribution is -2.35. The van der Waals surface area contributed by atoms with E-state index in [1.165, 1.54) is 0 Å². The van der Waals surface area contributed by atoms with Crippen LogP contribution < -0.4 is 10.2 Å². The largest absolute Gasteiger partial charge is 0.311 e. The zero-order chi connectivity index (χ0) is 15.5. The molecule has 2 amide bonds. The molecule has 1 unspecified atom stereocenters. The molecule has 116 valence electrons. The van der Waals surface area contributed by atoms with Gasteiger partial charge >= 0.3 is 0 Å². The smallest absolute Gasteiger partial charge is 0.231 e. The number of carbonyl (C=O) groups excluding carboxylic acids is 2. The van der Waals surface area contributed by atoms with Crippen molar-refractivity contribution in [2.24, 2.45) is 10.9 Å². The van der Waals surface area contributed by atoms with Crippen LogP contribution >= 0.6 is 11.8 Å². The minimum Gasteiger partial charge on any atom is -0.311 e. The Morgan fingerprint density at radius 1 is 1.45 bits per heavy atom. The Balaban J connectivity index is 1.71. The van der Waals surface area contributed by atoms with Crippen molar-refractivity contribution in [1.29, 1.82) is 0 Å². The number of nitrogens with zero attached hydrogens (tertiary/aromatic N) is 2. The van der Waals surface area contributed by atoms with Gasteiger partial charge in [-0.05, 0) is 18.1 Å². The lowest BCUT2D eigenvalue weighted by molar-refractivity contribution is -0.125. The van der Waals surface area contributed by atoms with Gasteiger partial charge in [-0.25, -0.2) is 0 Å². The van der Waals surface area contributed by atoms with Gasteiger partial charge in [0.05, 0.1) is 12.5 Å². The van der Waals surface area contributed by atoms with E-state index >= 15 is 0 Å². The van der Waals surface area contributed by atoms with E-state index in [0.29, 0.717) is 11.7 Å². The van der Waals surface area contributed by atoms with Gasteiger partial charge in [-0.3, -0.25) is 14.6 Å². The van der Waals surface area contributed by atoms with Gasteiger partial charge in [-0.1, -0.05) is 36.9 Å². The Bertz CT molecular complexity index is 630. The lowest BCUT2D eigenvalue weighted by atomic mass is 10.1. The summed E-state index contributed by atoms with van der Waals surface area (Å²) in [5.41, 5.74) is 2.06. The van der Waals surface area contributed by atoms with Crippen LogP contribution in [0.25, 0.3) is 0 Å². The highest BCUT2D eigenvalue weighted by molar-refractivity contribution is 8.14. The van der Waals surface area contributed by atoms with Crippen molar-refractivity contribution >= 4 is 34.4 Å². The van der Waals surface area contributed by atoms with Crippen LogP contribution in [0, 0.1) is 5.92 Å². The maximum Gasteiger partial charge on any atom is 0.231 e. The predicted octanol–water partition coefficient (Wildman–Crippen LogP) is 1.82. The van der Waals surface area contributed by atoms with Crippen molar-refractivity contribution in [3.05, 3.63) is 29.8 Å². The summed E-state index contributed by atoms with van der Waals surface area (Å²) in [6, 6.07) is 7.88. The van der Waals surface area contributed by atoms with E-state index in [4.69, 9.17) is 0 Å². The summed E-state index contributed by atoms with van der Waals surface area (Å²) >= 11 is 1.55. The Labute approximate surface area is 134 Å². The van der Waals surface area contributed by atoms with Crippen LogP contribution in [-0.2, 0) is 16.0 Å². The molecule has 3 rings (SSSR count). The molecule has 2 heterocycles. The van der Waals surface area contributed by atoms with E-state index in [2.05, 4.69) is 17.2 Å². The van der Waals surface area contributed by atoms with Gasteiger partial charge in [0.2, 0.25) is 11.8 Å². The van der Waals surface area contributed by atoms with Gasteiger partial charge in [0.25, 0.3) is 0 Å². The Morgan fingerprint density at radius 3 is 3.00 bits per heavy atom. The number of thioether (sulfide) groups is 1. The molecule has 1 N–H and O–H groups in total. The third kappa shape index (κ3) is 3.02. The van der Waals surface area contributed by atoms with E-state index in [9.17, 15) is 9.59 Å². The molecule has 1 aromatic carbocycles. The molecule has 5 nitrogen and oxygen atoms in total. The third-order valence-corrected chi connectivity index (χ3v) is 4.87. The molecule has 0 bridgehead atoms. The molecule has 0 saturated carbocycles. The number of hydrogen-bond donors (Lipinski definition) is 1. The average molecular weight is 317 g/mol. The third-order valence-electron chi connectivity index (χ3n) is 3.97. The number of benzene rings is 1. The van der Waals surface area contributed by atoms with Crippen LogP contribution in [0.2, 0.25) is 0 Å². The number of amidine groups is 1. The van der Waals surface area contributed by atoms with Crippen molar-refractivity contribution in [3.8, 4) is 0 Å². The molecule has 6 heteroatoms. The van der Waals surface area contributed by atoms with Crippen molar-refractivity contribution in [1.82, 2.24) is 5.32 Å². The molecule has 0 radical (unpaired) electrons. The van der Waals surface area contributed by atoms with E-state index in [1.807, 2.05) is 24.3 Å². The number of aliphatic imine (C=N–C) groups is 1. The molecule has 1 fully saturated rings. The second kappa shape index (κ2) is 6.52. The number of nitrogens with one attached hydrogen (secondary N) is 1. The molecule has 1 atom stereocenters. The monoisotopic (exact) mass is 317 g/mol. The molecule has 0 aromatic heterocycles. The van der Waals surface area contributed by atoms with Crippen molar-refractivity contribution in [2.45, 2.75) is 19.8 Å². The predicted molar refractivity (Wildman–Crippen MR) is 89.2 cm³/mol. The fourth-order valence-corrected chi connectivity index (χ4v) is 3.54. The van der Waals surface area contributed by atoms with E-state index in [-0.39, 0.29) is 24.2 Å². The van der Waals surface area contributed by atoms with Crippen LogP contribution in [0.15, 0.2) is 29.3 Å². The summed E-state index contributed by atoms with van der Waals surface area (Å²) in [4.78, 5) is 30.6. The Hall–Kier alpha value is -1.82. The summed E-state index contributed by atoms with van der Waals surface area (Å²) in [5.74, 6) is 0.524. The Morgan fingerprint density at radius 2 is 2.27 bits per heavy atom. The highest BCUT2D eigenvalue weighted by atomic mass is 32.2. The summed E-state index contributed by atoms with van der Waals surface area (Å²) in [6.45, 7) is 3.26. The fraction of sp³-hybridized carbons (Fsp3) is 0.438. The summed E-state index contributed by atoms with van der Waals surface area (Å²) < 4.78 is 0. The first kappa shape index (κ1) is 15.1. The van der Waals surface area contributed by atoms with Crippen molar-refractivity contribution < 1.29 is 9.59 Å². The number of rotatable bonds is 3. The maximum atomic E-state index is 12.3. The summed E-state index contributed by atoms with van der Waals surface area (Å²) in [7, 11) is 0. The topological polar surface area (TPSA) is 61.8 Å². The fourth-order valence-electron chi connectivity index (χ4n) is 2.81. The molecule has 22 heavy (non-hydrogen) atoms. The molecule has 1 aromatic rings. The number of hydrogen-bond acceptors (Lipinski definition) is 4. The van der Waals surface area contributed by atoms with Gasteiger partial charge in [0, 0.05) is 24.4 Å². The number of para-hydroxylation sites is 1. The van der Waals surface area contributed by atoms with Gasteiger partial charge in [-0.2, -0.15) is 0 Å². The highest BCUT2D eigenvalue weighted by Crippen LogP contribution is 2.28. The molecular formula is C16H19N3O2S. The van der Waals surface area contributed by atoms with Gasteiger partial charge < -0.3 is 10.2 Å². The number of anilines is 1. The second-order valence-corrected chi connectivity index (χ2v) is 6.50. The van der Waals surface area contributed by atoms with Gasteiger partial charge in [0.1, 0.15) is 0 Å². The zero-order valence-electron chi connectivity index (χ0n) is 12.5. The molecular weight excluding hydrogens is 298 g/mol. The Kier molecular flexibility index (Phi) is 4.47. The molecule has 2 aliphatic rings. The summed E-state index contributed by atoms with van der Waals surface area (Å²) in [5, 5.41) is 3.52. The maximum absolute atomic E-state index is 12.3. The number of aryl methyl sites for hydroxylation is 1. The first-order valence-electron chi connectivity index (χ1n) is 7.55. The SMILES string of the molecule is CCc1ccccc1N1CC(C(=O)NC2=NCCS2)CC1=O. The van der Waals surface area contributed by atoms with Crippen LogP contribution in [0.1, 0.15) is 18.9 Å². The minimum absolute atomic E-state index is 0.0158. The van der Waals surface area contributed by atoms with E-state index in [0.717, 1.165) is 30.0 Å². The summed E-state index contributed by atoms with van der Waals surface area (Å²) in [6.07, 6.45) is 1.13. The number of carbonyl (C=O) groups is 2. The van der Waals surface area contributed by atoms with E-state index < -0.39 is 0 Å². The van der Waals surface area contributed by atoms with E-state index in [1.54, 1.807) is 16.7 Å². The second-order valence-electron chi connectivity index (χ2n) is 5.41. The van der Waals surface area contributed by atoms with Crippen LogP contribution in [0.5, 0.6) is 0 Å². The first-order valence-corrected chi connectivity index (χ1v) is 8.54. The highest BCUT2D eigenvalue weighted by Gasteiger charge is 2.36. The van der Waals surface area contributed by atoms with Crippen LogP contribution in [0.4, 0.5) is 5.69 Å². The molecule has 1 saturated heterocycles. The number of amides is 2.